The first-order valence-electron chi connectivity index (χ1n) is 5.56. The second-order valence-electron chi connectivity index (χ2n) is 3.90. The molecule has 0 radical (unpaired) electrons. The summed E-state index contributed by atoms with van der Waals surface area (Å²) in [7, 11) is 0. The molecular formula is C12H12IN3O2S. The Morgan fingerprint density at radius 1 is 1.37 bits per heavy atom. The normalized spacial score (nSPS) is 13.8. The predicted octanol–water partition coefficient (Wildman–Crippen LogP) is 2.54. The Bertz CT molecular complexity index is 653. The van der Waals surface area contributed by atoms with Gasteiger partial charge in [0.15, 0.2) is 5.17 Å². The van der Waals surface area contributed by atoms with Gasteiger partial charge in [-0.3, -0.25) is 4.99 Å². The van der Waals surface area contributed by atoms with Gasteiger partial charge >= 0.3 is 5.97 Å². The Balaban J connectivity index is 0.00000133. The number of carboxylic acid groups (broad SMARTS) is 1. The highest BCUT2D eigenvalue weighted by molar-refractivity contribution is 14.0. The lowest BCUT2D eigenvalue weighted by atomic mass is 10.2. The minimum atomic E-state index is -0.952. The number of aromatic amines is 1. The zero-order chi connectivity index (χ0) is 12.5. The van der Waals surface area contributed by atoms with E-state index in [1.807, 2.05) is 24.3 Å². The second kappa shape index (κ2) is 5.83. The number of aromatic nitrogens is 1. The van der Waals surface area contributed by atoms with E-state index < -0.39 is 5.97 Å². The highest BCUT2D eigenvalue weighted by atomic mass is 127. The molecule has 0 bridgehead atoms. The van der Waals surface area contributed by atoms with Crippen molar-refractivity contribution in [3.8, 4) is 0 Å². The van der Waals surface area contributed by atoms with Gasteiger partial charge in [-0.25, -0.2) is 4.79 Å². The van der Waals surface area contributed by atoms with Gasteiger partial charge in [0.25, 0.3) is 0 Å². The third-order valence-corrected chi connectivity index (χ3v) is 3.81. The number of aliphatic imine (C=N–C) groups is 1. The fourth-order valence-electron chi connectivity index (χ4n) is 1.91. The maximum Gasteiger partial charge on any atom is 0.353 e. The van der Waals surface area contributed by atoms with Crippen molar-refractivity contribution in [3.05, 3.63) is 30.0 Å². The van der Waals surface area contributed by atoms with Crippen molar-refractivity contribution in [2.75, 3.05) is 13.1 Å². The summed E-state index contributed by atoms with van der Waals surface area (Å²) in [6.07, 6.45) is 0. The van der Waals surface area contributed by atoms with E-state index in [0.717, 1.165) is 29.2 Å². The number of carbonyl (C=O) groups is 1. The molecule has 7 heteroatoms. The van der Waals surface area contributed by atoms with Crippen LogP contribution < -0.4 is 5.32 Å². The number of H-pyrrole nitrogens is 1. The fraction of sp³-hybridized carbons (Fsp3) is 0.167. The van der Waals surface area contributed by atoms with Gasteiger partial charge in [-0.15, -0.1) is 24.0 Å². The van der Waals surface area contributed by atoms with Crippen molar-refractivity contribution in [1.29, 1.82) is 0 Å². The van der Waals surface area contributed by atoms with Crippen LogP contribution in [0, 0.1) is 0 Å². The lowest BCUT2D eigenvalue weighted by Gasteiger charge is -2.02. The summed E-state index contributed by atoms with van der Waals surface area (Å²) in [5.41, 5.74) is 1.05. The Morgan fingerprint density at radius 2 is 2.16 bits per heavy atom. The van der Waals surface area contributed by atoms with Crippen LogP contribution in [-0.4, -0.2) is 34.3 Å². The largest absolute Gasteiger partial charge is 0.477 e. The number of hydrogen-bond acceptors (Lipinski definition) is 4. The maximum atomic E-state index is 11.3. The van der Waals surface area contributed by atoms with E-state index in [2.05, 4.69) is 15.3 Å². The first-order valence-corrected chi connectivity index (χ1v) is 6.37. The van der Waals surface area contributed by atoms with E-state index in [-0.39, 0.29) is 29.7 Å². The van der Waals surface area contributed by atoms with Crippen molar-refractivity contribution in [2.24, 2.45) is 4.99 Å². The Labute approximate surface area is 130 Å². The van der Waals surface area contributed by atoms with E-state index >= 15 is 0 Å². The number of rotatable bonds is 2. The SMILES string of the molecule is I.O=C(O)c1[nH]c2ccccc2c1SC1=NCCN1. The van der Waals surface area contributed by atoms with Gasteiger partial charge in [-0.05, 0) is 17.8 Å². The molecule has 1 aliphatic heterocycles. The number of para-hydroxylation sites is 1. The minimum Gasteiger partial charge on any atom is -0.477 e. The quantitative estimate of drug-likeness (QED) is 0.690. The van der Waals surface area contributed by atoms with Crippen LogP contribution in [0.4, 0.5) is 0 Å². The summed E-state index contributed by atoms with van der Waals surface area (Å²) in [5, 5.41) is 14.1. The predicted molar refractivity (Wildman–Crippen MR) is 86.8 cm³/mol. The lowest BCUT2D eigenvalue weighted by Crippen LogP contribution is -2.15. The fourth-order valence-corrected chi connectivity index (χ4v) is 2.97. The number of carboxylic acids is 1. The summed E-state index contributed by atoms with van der Waals surface area (Å²) in [5.74, 6) is -0.952. The minimum absolute atomic E-state index is 0. The summed E-state index contributed by atoms with van der Waals surface area (Å²) in [6, 6.07) is 7.56. The molecule has 0 fully saturated rings. The smallest absolute Gasteiger partial charge is 0.353 e. The number of aromatic carboxylic acids is 1. The number of thioether (sulfide) groups is 1. The van der Waals surface area contributed by atoms with Gasteiger partial charge in [0, 0.05) is 17.4 Å². The third-order valence-electron chi connectivity index (χ3n) is 2.71. The highest BCUT2D eigenvalue weighted by Crippen LogP contribution is 2.32. The number of amidine groups is 1. The number of fused-ring (bicyclic) bond motifs is 1. The van der Waals surface area contributed by atoms with Gasteiger partial charge < -0.3 is 15.4 Å². The number of hydrogen-bond donors (Lipinski definition) is 3. The number of halogens is 1. The zero-order valence-corrected chi connectivity index (χ0v) is 13.0. The topological polar surface area (TPSA) is 77.5 Å². The van der Waals surface area contributed by atoms with Crippen LogP contribution in [0.2, 0.25) is 0 Å². The molecule has 3 N–H and O–H groups in total. The molecule has 0 spiro atoms. The Morgan fingerprint density at radius 3 is 2.84 bits per heavy atom. The van der Waals surface area contributed by atoms with E-state index in [0.29, 0.717) is 4.90 Å². The van der Waals surface area contributed by atoms with Crippen LogP contribution in [0.25, 0.3) is 10.9 Å². The molecule has 19 heavy (non-hydrogen) atoms. The van der Waals surface area contributed by atoms with Crippen LogP contribution in [-0.2, 0) is 0 Å². The molecule has 0 saturated carbocycles. The van der Waals surface area contributed by atoms with E-state index in [9.17, 15) is 9.90 Å². The highest BCUT2D eigenvalue weighted by Gasteiger charge is 2.20. The molecule has 1 aliphatic rings. The lowest BCUT2D eigenvalue weighted by molar-refractivity contribution is 0.0688. The van der Waals surface area contributed by atoms with Crippen molar-refractivity contribution in [2.45, 2.75) is 4.90 Å². The molecule has 3 rings (SSSR count). The molecule has 0 unspecified atom stereocenters. The zero-order valence-electron chi connectivity index (χ0n) is 9.84. The number of benzene rings is 1. The first kappa shape index (κ1) is 14.2. The van der Waals surface area contributed by atoms with Crippen LogP contribution in [0.3, 0.4) is 0 Å². The average Bonchev–Trinajstić information content (AvgIpc) is 2.98. The van der Waals surface area contributed by atoms with Crippen molar-refractivity contribution in [3.63, 3.8) is 0 Å². The summed E-state index contributed by atoms with van der Waals surface area (Å²) >= 11 is 1.37. The Hall–Kier alpha value is -1.22. The van der Waals surface area contributed by atoms with Crippen molar-refractivity contribution < 1.29 is 9.90 Å². The molecule has 2 aromatic rings. The third kappa shape index (κ3) is 2.71. The number of nitrogens with one attached hydrogen (secondary N) is 2. The molecule has 2 heterocycles. The molecule has 0 saturated heterocycles. The summed E-state index contributed by atoms with van der Waals surface area (Å²) < 4.78 is 0. The van der Waals surface area contributed by atoms with E-state index in [1.165, 1.54) is 11.8 Å². The van der Waals surface area contributed by atoms with Gasteiger partial charge in [-0.1, -0.05) is 18.2 Å². The monoisotopic (exact) mass is 389 g/mol. The average molecular weight is 389 g/mol. The van der Waals surface area contributed by atoms with Crippen molar-refractivity contribution in [1.82, 2.24) is 10.3 Å². The molecule has 5 nitrogen and oxygen atoms in total. The first-order chi connectivity index (χ1) is 8.75. The van der Waals surface area contributed by atoms with Gasteiger partial charge in [0.05, 0.1) is 11.4 Å². The molecule has 1 aromatic carbocycles. The molecule has 100 valence electrons. The number of nitrogens with zero attached hydrogens (tertiary/aromatic N) is 1. The summed E-state index contributed by atoms with van der Waals surface area (Å²) in [4.78, 5) is 19.2. The van der Waals surface area contributed by atoms with Crippen LogP contribution >= 0.6 is 35.7 Å². The van der Waals surface area contributed by atoms with E-state index in [4.69, 9.17) is 0 Å². The van der Waals surface area contributed by atoms with Crippen LogP contribution in [0.5, 0.6) is 0 Å². The van der Waals surface area contributed by atoms with Crippen LogP contribution in [0.15, 0.2) is 34.2 Å². The Kier molecular flexibility index (Phi) is 4.35. The van der Waals surface area contributed by atoms with Crippen molar-refractivity contribution >= 4 is 57.8 Å². The molecule has 0 atom stereocenters. The molecule has 1 aromatic heterocycles. The second-order valence-corrected chi connectivity index (χ2v) is 4.89. The van der Waals surface area contributed by atoms with Crippen LogP contribution in [0.1, 0.15) is 10.5 Å². The molecule has 0 aliphatic carbocycles. The standard InChI is InChI=1S/C12H11N3O2S.HI/c16-11(17)9-10(18-12-13-5-6-14-12)7-3-1-2-4-8(7)15-9;/h1-4,15H,5-6H2,(H,13,14)(H,16,17);1H. The maximum absolute atomic E-state index is 11.3. The molecule has 0 amide bonds. The van der Waals surface area contributed by atoms with E-state index in [1.54, 1.807) is 0 Å². The van der Waals surface area contributed by atoms with Gasteiger partial charge in [0.2, 0.25) is 0 Å². The van der Waals surface area contributed by atoms with Gasteiger partial charge in [-0.2, -0.15) is 0 Å². The molecular weight excluding hydrogens is 377 g/mol. The summed E-state index contributed by atoms with van der Waals surface area (Å²) in [6.45, 7) is 1.56. The van der Waals surface area contributed by atoms with Gasteiger partial charge in [0.1, 0.15) is 5.69 Å².